The molecule has 0 saturated heterocycles. The highest BCUT2D eigenvalue weighted by Crippen LogP contribution is 2.17. The quantitative estimate of drug-likeness (QED) is 0.752. The number of aromatic nitrogens is 2. The predicted molar refractivity (Wildman–Crippen MR) is 58.9 cm³/mol. The fourth-order valence-corrected chi connectivity index (χ4v) is 1.28. The van der Waals surface area contributed by atoms with Crippen LogP contribution >= 0.6 is 11.6 Å². The van der Waals surface area contributed by atoms with E-state index in [4.69, 9.17) is 11.6 Å². The lowest BCUT2D eigenvalue weighted by molar-refractivity contribution is 0.416. The first-order valence-corrected chi connectivity index (χ1v) is 4.81. The highest BCUT2D eigenvalue weighted by Gasteiger charge is 2.07. The molecule has 0 aromatic carbocycles. The molecule has 0 bridgehead atoms. The van der Waals surface area contributed by atoms with Gasteiger partial charge in [0, 0.05) is 32.5 Å². The number of hydrogen-bond acceptors (Lipinski definition) is 4. The van der Waals surface area contributed by atoms with Gasteiger partial charge in [0.25, 0.3) is 0 Å². The molecule has 1 rings (SSSR count). The van der Waals surface area contributed by atoms with Gasteiger partial charge in [-0.3, -0.25) is 0 Å². The second-order valence-electron chi connectivity index (χ2n) is 3.40. The molecule has 0 aliphatic heterocycles. The first kappa shape index (κ1) is 11.2. The molecule has 0 radical (unpaired) electrons. The summed E-state index contributed by atoms with van der Waals surface area (Å²) in [7, 11) is 6.03. The van der Waals surface area contributed by atoms with Crippen LogP contribution in [0.15, 0.2) is 12.4 Å². The summed E-state index contributed by atoms with van der Waals surface area (Å²) < 4.78 is 0. The molecule has 0 aliphatic rings. The molecule has 0 fully saturated rings. The summed E-state index contributed by atoms with van der Waals surface area (Å²) in [6.07, 6.45) is 3.24. The molecule has 14 heavy (non-hydrogen) atoms. The molecule has 0 saturated carbocycles. The Hall–Kier alpha value is -0.870. The number of likely N-dealkylation sites (N-methyl/N-ethyl adjacent to an activating group) is 2. The van der Waals surface area contributed by atoms with E-state index in [1.807, 2.05) is 26.0 Å². The number of nitrogens with zero attached hydrogens (tertiary/aromatic N) is 4. The summed E-state index contributed by atoms with van der Waals surface area (Å²) in [5.41, 5.74) is 0. The maximum absolute atomic E-state index is 5.91. The molecule has 0 amide bonds. The molecule has 0 atom stereocenters. The van der Waals surface area contributed by atoms with Gasteiger partial charge in [-0.05, 0) is 14.1 Å². The normalized spacial score (nSPS) is 10.6. The second kappa shape index (κ2) is 5.12. The minimum Gasteiger partial charge on any atom is -0.356 e. The highest BCUT2D eigenvalue weighted by atomic mass is 35.5. The molecule has 78 valence electrons. The van der Waals surface area contributed by atoms with Crippen LogP contribution in [0.2, 0.25) is 5.15 Å². The van der Waals surface area contributed by atoms with Gasteiger partial charge >= 0.3 is 0 Å². The smallest absolute Gasteiger partial charge is 0.171 e. The molecule has 0 aliphatic carbocycles. The van der Waals surface area contributed by atoms with Crippen LogP contribution in [0.25, 0.3) is 0 Å². The average Bonchev–Trinajstić information content (AvgIpc) is 2.15. The van der Waals surface area contributed by atoms with E-state index in [0.29, 0.717) is 5.15 Å². The van der Waals surface area contributed by atoms with Crippen molar-refractivity contribution >= 4 is 17.4 Å². The largest absolute Gasteiger partial charge is 0.356 e. The molecule has 0 spiro atoms. The molecule has 1 aromatic heterocycles. The van der Waals surface area contributed by atoms with Crippen LogP contribution in [0.4, 0.5) is 5.82 Å². The third-order valence-electron chi connectivity index (χ3n) is 1.88. The third kappa shape index (κ3) is 3.12. The van der Waals surface area contributed by atoms with Crippen molar-refractivity contribution in [1.29, 1.82) is 0 Å². The Morgan fingerprint density at radius 2 is 1.79 bits per heavy atom. The molecule has 5 heteroatoms. The summed E-state index contributed by atoms with van der Waals surface area (Å²) in [5, 5.41) is 0.453. The first-order chi connectivity index (χ1) is 6.61. The Balaban J connectivity index is 2.60. The summed E-state index contributed by atoms with van der Waals surface area (Å²) in [6, 6.07) is 0. The second-order valence-corrected chi connectivity index (χ2v) is 3.75. The Bertz CT molecular complexity index is 290. The fraction of sp³-hybridized carbons (Fsp3) is 0.556. The lowest BCUT2D eigenvalue weighted by atomic mass is 10.5. The van der Waals surface area contributed by atoms with Crippen molar-refractivity contribution in [3.8, 4) is 0 Å². The molecular formula is C9H15ClN4. The zero-order valence-corrected chi connectivity index (χ0v) is 9.49. The molecule has 1 aromatic rings. The van der Waals surface area contributed by atoms with E-state index >= 15 is 0 Å². The number of anilines is 1. The zero-order chi connectivity index (χ0) is 10.6. The van der Waals surface area contributed by atoms with Crippen molar-refractivity contribution in [2.45, 2.75) is 0 Å². The lowest BCUT2D eigenvalue weighted by Gasteiger charge is -2.20. The lowest BCUT2D eigenvalue weighted by Crippen LogP contribution is -2.29. The Morgan fingerprint density at radius 1 is 1.14 bits per heavy atom. The summed E-state index contributed by atoms with van der Waals surface area (Å²) in [6.45, 7) is 1.84. The van der Waals surface area contributed by atoms with Crippen LogP contribution in [0.3, 0.4) is 0 Å². The third-order valence-corrected chi connectivity index (χ3v) is 2.15. The zero-order valence-electron chi connectivity index (χ0n) is 8.74. The van der Waals surface area contributed by atoms with Crippen molar-refractivity contribution in [2.75, 3.05) is 39.1 Å². The molecule has 0 unspecified atom stereocenters. The molecule has 4 nitrogen and oxygen atoms in total. The molecular weight excluding hydrogens is 200 g/mol. The number of hydrogen-bond donors (Lipinski definition) is 0. The Morgan fingerprint density at radius 3 is 2.36 bits per heavy atom. The number of halogens is 1. The van der Waals surface area contributed by atoms with E-state index in [1.165, 1.54) is 0 Å². The van der Waals surface area contributed by atoms with E-state index in [2.05, 4.69) is 14.9 Å². The molecule has 1 heterocycles. The van der Waals surface area contributed by atoms with Crippen LogP contribution in [0.5, 0.6) is 0 Å². The topological polar surface area (TPSA) is 32.3 Å². The van der Waals surface area contributed by atoms with Gasteiger partial charge in [0.1, 0.15) is 0 Å². The van der Waals surface area contributed by atoms with Gasteiger partial charge < -0.3 is 9.80 Å². The van der Waals surface area contributed by atoms with E-state index in [9.17, 15) is 0 Å². The minimum atomic E-state index is 0.453. The van der Waals surface area contributed by atoms with E-state index in [-0.39, 0.29) is 0 Å². The maximum Gasteiger partial charge on any atom is 0.171 e. The summed E-state index contributed by atoms with van der Waals surface area (Å²) in [5.74, 6) is 0.732. The van der Waals surface area contributed by atoms with Gasteiger partial charge in [0.15, 0.2) is 11.0 Å². The van der Waals surface area contributed by atoms with E-state index in [1.54, 1.807) is 12.4 Å². The standard InChI is InChI=1S/C9H15ClN4/c1-13(2)6-7-14(3)9-8(10)11-4-5-12-9/h4-5H,6-7H2,1-3H3. The summed E-state index contributed by atoms with van der Waals surface area (Å²) >= 11 is 5.91. The van der Waals surface area contributed by atoms with Crippen LogP contribution in [0.1, 0.15) is 0 Å². The minimum absolute atomic E-state index is 0.453. The van der Waals surface area contributed by atoms with Crippen molar-refractivity contribution in [2.24, 2.45) is 0 Å². The Labute approximate surface area is 89.5 Å². The van der Waals surface area contributed by atoms with Crippen molar-refractivity contribution < 1.29 is 0 Å². The number of rotatable bonds is 4. The van der Waals surface area contributed by atoms with Crippen molar-refractivity contribution in [3.05, 3.63) is 17.5 Å². The average molecular weight is 215 g/mol. The fourth-order valence-electron chi connectivity index (χ4n) is 1.03. The van der Waals surface area contributed by atoms with E-state index in [0.717, 1.165) is 18.9 Å². The van der Waals surface area contributed by atoms with Crippen molar-refractivity contribution in [1.82, 2.24) is 14.9 Å². The SMILES string of the molecule is CN(C)CCN(C)c1nccnc1Cl. The predicted octanol–water partition coefficient (Wildman–Crippen LogP) is 1.13. The first-order valence-electron chi connectivity index (χ1n) is 4.43. The van der Waals surface area contributed by atoms with Gasteiger partial charge in [-0.15, -0.1) is 0 Å². The van der Waals surface area contributed by atoms with Crippen LogP contribution in [0, 0.1) is 0 Å². The summed E-state index contributed by atoms with van der Waals surface area (Å²) in [4.78, 5) is 12.3. The maximum atomic E-state index is 5.91. The highest BCUT2D eigenvalue weighted by molar-refractivity contribution is 6.31. The van der Waals surface area contributed by atoms with Gasteiger partial charge in [0.05, 0.1) is 0 Å². The van der Waals surface area contributed by atoms with E-state index < -0.39 is 0 Å². The van der Waals surface area contributed by atoms with Gasteiger partial charge in [-0.25, -0.2) is 9.97 Å². The van der Waals surface area contributed by atoms with Gasteiger partial charge in [0.2, 0.25) is 0 Å². The van der Waals surface area contributed by atoms with Crippen LogP contribution in [-0.4, -0.2) is 49.1 Å². The van der Waals surface area contributed by atoms with Gasteiger partial charge in [-0.2, -0.15) is 0 Å². The van der Waals surface area contributed by atoms with Gasteiger partial charge in [-0.1, -0.05) is 11.6 Å². The van der Waals surface area contributed by atoms with Crippen LogP contribution < -0.4 is 4.90 Å². The molecule has 0 N–H and O–H groups in total. The Kier molecular flexibility index (Phi) is 4.10. The van der Waals surface area contributed by atoms with Crippen molar-refractivity contribution in [3.63, 3.8) is 0 Å². The monoisotopic (exact) mass is 214 g/mol. The van der Waals surface area contributed by atoms with Crippen LogP contribution in [-0.2, 0) is 0 Å².